The maximum Gasteiger partial charge on any atom is 0.331 e. The lowest BCUT2D eigenvalue weighted by Gasteiger charge is -2.25. The van der Waals surface area contributed by atoms with Crippen LogP contribution in [0, 0.1) is 0 Å². The highest BCUT2D eigenvalue weighted by molar-refractivity contribution is 5.81. The molecule has 1 aromatic heterocycles. The van der Waals surface area contributed by atoms with Gasteiger partial charge in [-0.15, -0.1) is 0 Å². The SMILES string of the molecule is O=c1[nH]c(=O)n(C2CCCCC2)c(O)c1/C=N/N1CCCCC1. The molecule has 3 rings (SSSR count). The summed E-state index contributed by atoms with van der Waals surface area (Å²) in [5.41, 5.74) is -1.05. The molecule has 2 N–H and O–H groups in total. The first-order chi connectivity index (χ1) is 11.2. The Hall–Kier alpha value is -2.05. The van der Waals surface area contributed by atoms with Crippen molar-refractivity contribution >= 4 is 6.21 Å². The second-order valence-corrected chi connectivity index (χ2v) is 6.42. The third-order valence-corrected chi connectivity index (χ3v) is 4.78. The van der Waals surface area contributed by atoms with Crippen molar-refractivity contribution in [3.63, 3.8) is 0 Å². The van der Waals surface area contributed by atoms with Crippen molar-refractivity contribution in [2.24, 2.45) is 5.10 Å². The number of hydrogen-bond acceptors (Lipinski definition) is 5. The molecule has 2 fully saturated rings. The molecular formula is C16H24N4O3. The van der Waals surface area contributed by atoms with Crippen LogP contribution in [0.3, 0.4) is 0 Å². The van der Waals surface area contributed by atoms with Crippen LogP contribution in [-0.4, -0.2) is 39.0 Å². The highest BCUT2D eigenvalue weighted by Crippen LogP contribution is 2.29. The van der Waals surface area contributed by atoms with Gasteiger partial charge in [0, 0.05) is 19.1 Å². The predicted molar refractivity (Wildman–Crippen MR) is 88.1 cm³/mol. The van der Waals surface area contributed by atoms with E-state index in [1.807, 2.05) is 5.01 Å². The fraction of sp³-hybridized carbons (Fsp3) is 0.688. The van der Waals surface area contributed by atoms with Crippen LogP contribution in [0.15, 0.2) is 14.7 Å². The fourth-order valence-electron chi connectivity index (χ4n) is 3.48. The van der Waals surface area contributed by atoms with Gasteiger partial charge in [0.05, 0.1) is 6.21 Å². The Morgan fingerprint density at radius 2 is 1.70 bits per heavy atom. The highest BCUT2D eigenvalue weighted by Gasteiger charge is 2.22. The van der Waals surface area contributed by atoms with Crippen LogP contribution in [0.2, 0.25) is 0 Å². The van der Waals surface area contributed by atoms with Gasteiger partial charge in [-0.1, -0.05) is 19.3 Å². The van der Waals surface area contributed by atoms with Gasteiger partial charge in [0.1, 0.15) is 5.56 Å². The summed E-state index contributed by atoms with van der Waals surface area (Å²) in [5.74, 6) is -0.258. The van der Waals surface area contributed by atoms with E-state index in [9.17, 15) is 14.7 Å². The average molecular weight is 320 g/mol. The van der Waals surface area contributed by atoms with Crippen LogP contribution < -0.4 is 11.2 Å². The quantitative estimate of drug-likeness (QED) is 0.827. The normalized spacial score (nSPS) is 20.3. The fourth-order valence-corrected chi connectivity index (χ4v) is 3.48. The molecule has 1 aliphatic heterocycles. The van der Waals surface area contributed by atoms with E-state index in [-0.39, 0.29) is 17.5 Å². The molecule has 126 valence electrons. The van der Waals surface area contributed by atoms with E-state index in [0.29, 0.717) is 0 Å². The molecule has 0 radical (unpaired) electrons. The van der Waals surface area contributed by atoms with E-state index in [4.69, 9.17) is 0 Å². The lowest BCUT2D eigenvalue weighted by molar-refractivity contribution is 0.240. The zero-order chi connectivity index (χ0) is 16.2. The summed E-state index contributed by atoms with van der Waals surface area (Å²) >= 11 is 0. The number of hydrazone groups is 1. The topological polar surface area (TPSA) is 90.7 Å². The molecule has 0 unspecified atom stereocenters. The summed E-state index contributed by atoms with van der Waals surface area (Å²) in [6, 6.07) is -0.0461. The summed E-state index contributed by atoms with van der Waals surface area (Å²) in [5, 5.41) is 16.7. The molecule has 7 nitrogen and oxygen atoms in total. The van der Waals surface area contributed by atoms with Crippen LogP contribution >= 0.6 is 0 Å². The first kappa shape index (κ1) is 15.8. The molecular weight excluding hydrogens is 296 g/mol. The molecule has 1 saturated heterocycles. The highest BCUT2D eigenvalue weighted by atomic mass is 16.3. The molecule has 0 spiro atoms. The predicted octanol–water partition coefficient (Wildman–Crippen LogP) is 1.57. The third kappa shape index (κ3) is 3.48. The number of H-pyrrole nitrogens is 1. The van der Waals surface area contributed by atoms with E-state index in [1.165, 1.54) is 17.2 Å². The summed E-state index contributed by atoms with van der Waals surface area (Å²) in [7, 11) is 0. The van der Waals surface area contributed by atoms with Crippen molar-refractivity contribution < 1.29 is 5.11 Å². The smallest absolute Gasteiger partial charge is 0.331 e. The van der Waals surface area contributed by atoms with Crippen LogP contribution in [0.5, 0.6) is 5.88 Å². The van der Waals surface area contributed by atoms with Gasteiger partial charge in [-0.3, -0.25) is 19.4 Å². The number of aromatic amines is 1. The van der Waals surface area contributed by atoms with Gasteiger partial charge in [0.2, 0.25) is 5.88 Å². The third-order valence-electron chi connectivity index (χ3n) is 4.78. The van der Waals surface area contributed by atoms with Gasteiger partial charge < -0.3 is 5.11 Å². The maximum atomic E-state index is 12.1. The van der Waals surface area contributed by atoms with Crippen molar-refractivity contribution in [3.05, 3.63) is 26.4 Å². The van der Waals surface area contributed by atoms with Gasteiger partial charge in [-0.25, -0.2) is 4.79 Å². The van der Waals surface area contributed by atoms with E-state index in [1.54, 1.807) is 0 Å². The molecule has 0 bridgehead atoms. The number of hydrogen-bond donors (Lipinski definition) is 2. The zero-order valence-corrected chi connectivity index (χ0v) is 13.3. The van der Waals surface area contributed by atoms with Crippen molar-refractivity contribution in [1.29, 1.82) is 0 Å². The Balaban J connectivity index is 1.91. The Labute approximate surface area is 134 Å². The molecule has 1 aliphatic carbocycles. The first-order valence-electron chi connectivity index (χ1n) is 8.53. The van der Waals surface area contributed by atoms with Crippen molar-refractivity contribution in [2.75, 3.05) is 13.1 Å². The van der Waals surface area contributed by atoms with Crippen LogP contribution in [0.1, 0.15) is 63.0 Å². The molecule has 2 aliphatic rings. The van der Waals surface area contributed by atoms with Gasteiger partial charge >= 0.3 is 5.69 Å². The Morgan fingerprint density at radius 1 is 1.04 bits per heavy atom. The van der Waals surface area contributed by atoms with E-state index >= 15 is 0 Å². The average Bonchev–Trinajstić information content (AvgIpc) is 2.56. The molecule has 2 heterocycles. The number of nitrogens with one attached hydrogen (secondary N) is 1. The Bertz CT molecular complexity index is 680. The lowest BCUT2D eigenvalue weighted by Crippen LogP contribution is -2.35. The van der Waals surface area contributed by atoms with E-state index in [0.717, 1.165) is 58.0 Å². The molecule has 1 saturated carbocycles. The molecule has 0 aromatic carbocycles. The standard InChI is InChI=1S/C16H24N4O3/c21-14-13(11-17-19-9-5-2-6-10-19)15(22)20(16(23)18-14)12-7-3-1-4-8-12/h11-12,22H,1-10H2,(H,18,21,23)/b17-11+. The van der Waals surface area contributed by atoms with Gasteiger partial charge in [0.25, 0.3) is 5.56 Å². The number of piperidine rings is 1. The Morgan fingerprint density at radius 3 is 2.39 bits per heavy atom. The second-order valence-electron chi connectivity index (χ2n) is 6.42. The molecule has 23 heavy (non-hydrogen) atoms. The van der Waals surface area contributed by atoms with Gasteiger partial charge in [-0.2, -0.15) is 5.10 Å². The molecule has 0 amide bonds. The second kappa shape index (κ2) is 7.02. The summed E-state index contributed by atoms with van der Waals surface area (Å²) in [6.45, 7) is 1.72. The molecule has 0 atom stereocenters. The number of rotatable bonds is 3. The minimum Gasteiger partial charge on any atom is -0.494 e. The minimum atomic E-state index is -0.583. The van der Waals surface area contributed by atoms with Crippen LogP contribution in [-0.2, 0) is 0 Å². The van der Waals surface area contributed by atoms with Crippen molar-refractivity contribution in [1.82, 2.24) is 14.6 Å². The number of aromatic hydroxyl groups is 1. The first-order valence-corrected chi connectivity index (χ1v) is 8.53. The maximum absolute atomic E-state index is 12.1. The van der Waals surface area contributed by atoms with Gasteiger partial charge in [0.15, 0.2) is 0 Å². The number of aromatic nitrogens is 2. The van der Waals surface area contributed by atoms with Gasteiger partial charge in [-0.05, 0) is 32.1 Å². The van der Waals surface area contributed by atoms with E-state index < -0.39 is 11.2 Å². The molecule has 1 aromatic rings. The Kier molecular flexibility index (Phi) is 4.83. The monoisotopic (exact) mass is 320 g/mol. The summed E-state index contributed by atoms with van der Waals surface area (Å²) in [4.78, 5) is 26.5. The summed E-state index contributed by atoms with van der Waals surface area (Å²) < 4.78 is 1.33. The van der Waals surface area contributed by atoms with Crippen LogP contribution in [0.4, 0.5) is 0 Å². The van der Waals surface area contributed by atoms with E-state index in [2.05, 4.69) is 10.1 Å². The minimum absolute atomic E-state index is 0.0461. The van der Waals surface area contributed by atoms with Crippen molar-refractivity contribution in [3.8, 4) is 5.88 Å². The summed E-state index contributed by atoms with van der Waals surface area (Å²) in [6.07, 6.45) is 9.67. The molecule has 7 heteroatoms. The van der Waals surface area contributed by atoms with Crippen LogP contribution in [0.25, 0.3) is 0 Å². The number of nitrogens with zero attached hydrogens (tertiary/aromatic N) is 3. The largest absolute Gasteiger partial charge is 0.494 e. The lowest BCUT2D eigenvalue weighted by atomic mass is 9.95. The zero-order valence-electron chi connectivity index (χ0n) is 13.3. The van der Waals surface area contributed by atoms with Crippen molar-refractivity contribution in [2.45, 2.75) is 57.4 Å².